The molecular weight excluding hydrogens is 172 g/mol. The van der Waals surface area contributed by atoms with Gasteiger partial charge in [-0.05, 0) is 31.8 Å². The molecule has 14 heavy (non-hydrogen) atoms. The van der Waals surface area contributed by atoms with Crippen molar-refractivity contribution in [2.24, 2.45) is 5.92 Å². The van der Waals surface area contributed by atoms with Gasteiger partial charge in [0.1, 0.15) is 0 Å². The lowest BCUT2D eigenvalue weighted by Crippen LogP contribution is -2.41. The quantitative estimate of drug-likeness (QED) is 0.679. The molecule has 1 fully saturated rings. The Morgan fingerprint density at radius 1 is 1.57 bits per heavy atom. The number of nitrogens with zero attached hydrogens (tertiary/aromatic N) is 1. The Labute approximate surface area is 88.1 Å². The number of hydrogen-bond acceptors (Lipinski definition) is 2. The molecule has 0 bridgehead atoms. The Hall–Kier alpha value is -0.520. The van der Waals surface area contributed by atoms with E-state index in [9.17, 15) is 0 Å². The maximum Gasteiger partial charge on any atom is 0.0599 e. The van der Waals surface area contributed by atoms with Crippen molar-refractivity contribution in [3.8, 4) is 12.3 Å². The second-order valence-electron chi connectivity index (χ2n) is 4.51. The fourth-order valence-corrected chi connectivity index (χ4v) is 1.99. The lowest BCUT2D eigenvalue weighted by Gasteiger charge is -2.31. The Balaban J connectivity index is 2.22. The zero-order chi connectivity index (χ0) is 10.4. The van der Waals surface area contributed by atoms with Crippen LogP contribution in [-0.4, -0.2) is 37.1 Å². The van der Waals surface area contributed by atoms with E-state index in [1.807, 2.05) is 0 Å². The number of nitrogens with one attached hydrogen (secondary N) is 1. The molecule has 2 heteroatoms. The van der Waals surface area contributed by atoms with Crippen molar-refractivity contribution in [1.82, 2.24) is 10.2 Å². The summed E-state index contributed by atoms with van der Waals surface area (Å²) in [6.45, 7) is 8.70. The van der Waals surface area contributed by atoms with Crippen LogP contribution in [0, 0.1) is 18.3 Å². The molecular formula is C12H22N2. The topological polar surface area (TPSA) is 15.3 Å². The lowest BCUT2D eigenvalue weighted by atomic mass is 9.98. The fourth-order valence-electron chi connectivity index (χ4n) is 1.99. The van der Waals surface area contributed by atoms with E-state index in [0.717, 1.165) is 19.0 Å². The molecule has 0 amide bonds. The number of terminal acetylenes is 1. The summed E-state index contributed by atoms with van der Waals surface area (Å²) in [4.78, 5) is 2.39. The van der Waals surface area contributed by atoms with Crippen molar-refractivity contribution in [3.05, 3.63) is 0 Å². The highest BCUT2D eigenvalue weighted by Gasteiger charge is 2.18. The monoisotopic (exact) mass is 194 g/mol. The largest absolute Gasteiger partial charge is 0.314 e. The van der Waals surface area contributed by atoms with Crippen LogP contribution < -0.4 is 5.32 Å². The van der Waals surface area contributed by atoms with Gasteiger partial charge in [0.15, 0.2) is 0 Å². The van der Waals surface area contributed by atoms with Gasteiger partial charge in [-0.25, -0.2) is 0 Å². The van der Waals surface area contributed by atoms with E-state index in [1.54, 1.807) is 0 Å². The van der Waals surface area contributed by atoms with E-state index in [4.69, 9.17) is 6.42 Å². The smallest absolute Gasteiger partial charge is 0.0599 e. The van der Waals surface area contributed by atoms with Crippen LogP contribution in [0.15, 0.2) is 0 Å². The number of likely N-dealkylation sites (tertiary alicyclic amines) is 1. The molecule has 1 atom stereocenters. The molecule has 1 unspecified atom stereocenters. The Bertz CT molecular complexity index is 193. The second-order valence-corrected chi connectivity index (χ2v) is 4.51. The number of hydrogen-bond donors (Lipinski definition) is 1. The molecule has 0 aliphatic carbocycles. The van der Waals surface area contributed by atoms with Crippen molar-refractivity contribution in [2.45, 2.75) is 32.7 Å². The lowest BCUT2D eigenvalue weighted by molar-refractivity contribution is 0.189. The summed E-state index contributed by atoms with van der Waals surface area (Å²) in [6, 6.07) is 0.595. The standard InChI is InChI=1S/C12H22N2/c1-4-7-14-8-5-6-12(10-14)9-13-11(2)3/h1,11-13H,5-10H2,2-3H3. The highest BCUT2D eigenvalue weighted by atomic mass is 15.1. The maximum absolute atomic E-state index is 5.32. The minimum absolute atomic E-state index is 0.595. The van der Waals surface area contributed by atoms with Gasteiger partial charge in [0.2, 0.25) is 0 Å². The van der Waals surface area contributed by atoms with Gasteiger partial charge in [0.05, 0.1) is 6.54 Å². The summed E-state index contributed by atoms with van der Waals surface area (Å²) in [5.41, 5.74) is 0. The van der Waals surface area contributed by atoms with Crippen molar-refractivity contribution < 1.29 is 0 Å². The average Bonchev–Trinajstić information content (AvgIpc) is 2.16. The van der Waals surface area contributed by atoms with E-state index < -0.39 is 0 Å². The third-order valence-corrected chi connectivity index (χ3v) is 2.73. The van der Waals surface area contributed by atoms with Gasteiger partial charge in [-0.2, -0.15) is 0 Å². The SMILES string of the molecule is C#CCN1CCCC(CNC(C)C)C1. The molecule has 1 saturated heterocycles. The first-order chi connectivity index (χ1) is 6.72. The van der Waals surface area contributed by atoms with Gasteiger partial charge in [0, 0.05) is 12.6 Å². The van der Waals surface area contributed by atoms with Gasteiger partial charge >= 0.3 is 0 Å². The van der Waals surface area contributed by atoms with Crippen LogP contribution in [-0.2, 0) is 0 Å². The van der Waals surface area contributed by atoms with E-state index in [-0.39, 0.29) is 0 Å². The Morgan fingerprint density at radius 3 is 3.00 bits per heavy atom. The normalized spacial score (nSPS) is 23.7. The molecule has 0 radical (unpaired) electrons. The molecule has 0 aromatic carbocycles. The van der Waals surface area contributed by atoms with Crippen LogP contribution in [0.1, 0.15) is 26.7 Å². The molecule has 80 valence electrons. The van der Waals surface area contributed by atoms with Gasteiger partial charge in [-0.3, -0.25) is 4.90 Å². The van der Waals surface area contributed by atoms with Crippen LogP contribution >= 0.6 is 0 Å². The Morgan fingerprint density at radius 2 is 2.36 bits per heavy atom. The summed E-state index contributed by atoms with van der Waals surface area (Å²) in [7, 11) is 0. The molecule has 0 saturated carbocycles. The zero-order valence-electron chi connectivity index (χ0n) is 9.42. The number of piperidine rings is 1. The fraction of sp³-hybridized carbons (Fsp3) is 0.833. The first kappa shape index (κ1) is 11.6. The van der Waals surface area contributed by atoms with Crippen LogP contribution in [0.4, 0.5) is 0 Å². The molecule has 1 N–H and O–H groups in total. The summed E-state index contributed by atoms with van der Waals surface area (Å²) < 4.78 is 0. The summed E-state index contributed by atoms with van der Waals surface area (Å²) in [5.74, 6) is 3.52. The zero-order valence-corrected chi connectivity index (χ0v) is 9.42. The van der Waals surface area contributed by atoms with Crippen LogP contribution in [0.2, 0.25) is 0 Å². The highest BCUT2D eigenvalue weighted by molar-refractivity contribution is 4.90. The van der Waals surface area contributed by atoms with Crippen molar-refractivity contribution in [2.75, 3.05) is 26.2 Å². The molecule has 1 aliphatic rings. The third-order valence-electron chi connectivity index (χ3n) is 2.73. The molecule has 1 rings (SSSR count). The first-order valence-electron chi connectivity index (χ1n) is 5.61. The summed E-state index contributed by atoms with van der Waals surface area (Å²) in [5, 5.41) is 3.50. The van der Waals surface area contributed by atoms with Crippen LogP contribution in [0.25, 0.3) is 0 Å². The molecule has 1 heterocycles. The van der Waals surface area contributed by atoms with Crippen molar-refractivity contribution in [1.29, 1.82) is 0 Å². The van der Waals surface area contributed by atoms with Gasteiger partial charge in [0.25, 0.3) is 0 Å². The van der Waals surface area contributed by atoms with Gasteiger partial charge < -0.3 is 5.32 Å². The van der Waals surface area contributed by atoms with Crippen LogP contribution in [0.3, 0.4) is 0 Å². The predicted octanol–water partition coefficient (Wildman–Crippen LogP) is 1.33. The second kappa shape index (κ2) is 6.06. The highest BCUT2D eigenvalue weighted by Crippen LogP contribution is 2.15. The van der Waals surface area contributed by atoms with E-state index in [1.165, 1.54) is 25.9 Å². The molecule has 0 aromatic rings. The average molecular weight is 194 g/mol. The summed E-state index contributed by atoms with van der Waals surface area (Å²) in [6.07, 6.45) is 7.97. The molecule has 1 aliphatic heterocycles. The van der Waals surface area contributed by atoms with Crippen molar-refractivity contribution >= 4 is 0 Å². The van der Waals surface area contributed by atoms with Crippen molar-refractivity contribution in [3.63, 3.8) is 0 Å². The molecule has 0 aromatic heterocycles. The van der Waals surface area contributed by atoms with Gasteiger partial charge in [-0.1, -0.05) is 19.8 Å². The molecule has 2 nitrogen and oxygen atoms in total. The first-order valence-corrected chi connectivity index (χ1v) is 5.61. The predicted molar refractivity (Wildman–Crippen MR) is 61.1 cm³/mol. The maximum atomic E-state index is 5.32. The third kappa shape index (κ3) is 4.13. The minimum Gasteiger partial charge on any atom is -0.314 e. The minimum atomic E-state index is 0.595. The van der Waals surface area contributed by atoms with E-state index in [2.05, 4.69) is 30.0 Å². The molecule has 0 spiro atoms. The van der Waals surface area contributed by atoms with E-state index >= 15 is 0 Å². The summed E-state index contributed by atoms with van der Waals surface area (Å²) >= 11 is 0. The Kier molecular flexibility index (Phi) is 5.00. The van der Waals surface area contributed by atoms with Crippen LogP contribution in [0.5, 0.6) is 0 Å². The number of rotatable bonds is 4. The van der Waals surface area contributed by atoms with Gasteiger partial charge in [-0.15, -0.1) is 6.42 Å². The van der Waals surface area contributed by atoms with E-state index in [0.29, 0.717) is 6.04 Å².